The molecule has 0 aromatic rings. The van der Waals surface area contributed by atoms with Crippen LogP contribution in [-0.2, 0) is 19.1 Å². The first kappa shape index (κ1) is 18.7. The van der Waals surface area contributed by atoms with Gasteiger partial charge in [0.05, 0.1) is 13.2 Å². The van der Waals surface area contributed by atoms with Crippen LogP contribution < -0.4 is 0 Å². The van der Waals surface area contributed by atoms with E-state index in [1.807, 2.05) is 6.92 Å². The van der Waals surface area contributed by atoms with Gasteiger partial charge in [-0.15, -0.1) is 0 Å². The van der Waals surface area contributed by atoms with E-state index in [0.717, 1.165) is 18.9 Å². The summed E-state index contributed by atoms with van der Waals surface area (Å²) < 4.78 is 9.19. The van der Waals surface area contributed by atoms with E-state index in [9.17, 15) is 9.59 Å². The second-order valence-electron chi connectivity index (χ2n) is 3.17. The zero-order chi connectivity index (χ0) is 14.2. The summed E-state index contributed by atoms with van der Waals surface area (Å²) in [7, 11) is 0. The molecule has 0 aromatic carbocycles. The zero-order valence-corrected chi connectivity index (χ0v) is 10.9. The Morgan fingerprint density at radius 3 is 1.83 bits per heavy atom. The lowest BCUT2D eigenvalue weighted by Crippen LogP contribution is -2.02. The van der Waals surface area contributed by atoms with Crippen LogP contribution in [0.5, 0.6) is 0 Å². The van der Waals surface area contributed by atoms with Crippen LogP contribution in [0.4, 0.5) is 0 Å². The highest BCUT2D eigenvalue weighted by Gasteiger charge is 1.92. The fourth-order valence-electron chi connectivity index (χ4n) is 0.672. The SMILES string of the molecule is C=CC(=O)OCCCC.C=CC(=O)OCCCO. The second kappa shape index (κ2) is 15.4. The largest absolute Gasteiger partial charge is 0.463 e. The van der Waals surface area contributed by atoms with Gasteiger partial charge in [-0.1, -0.05) is 26.5 Å². The molecule has 0 rings (SSSR count). The number of carbonyl (C=O) groups is 2. The Labute approximate surface area is 108 Å². The predicted octanol–water partition coefficient (Wildman–Crippen LogP) is 1.61. The molecule has 0 aromatic heterocycles. The Morgan fingerprint density at radius 2 is 1.50 bits per heavy atom. The molecule has 0 aliphatic rings. The van der Waals surface area contributed by atoms with Crippen LogP contribution in [0.3, 0.4) is 0 Å². The van der Waals surface area contributed by atoms with Crippen LogP contribution in [-0.4, -0.2) is 36.9 Å². The van der Waals surface area contributed by atoms with Gasteiger partial charge in [0, 0.05) is 25.2 Å². The maximum absolute atomic E-state index is 10.3. The molecule has 0 aliphatic heterocycles. The quantitative estimate of drug-likeness (QED) is 0.407. The summed E-state index contributed by atoms with van der Waals surface area (Å²) in [5.74, 6) is -0.771. The number of hydrogen-bond donors (Lipinski definition) is 1. The lowest BCUT2D eigenvalue weighted by molar-refractivity contribution is -0.138. The van der Waals surface area contributed by atoms with Crippen molar-refractivity contribution in [2.75, 3.05) is 19.8 Å². The molecule has 0 heterocycles. The van der Waals surface area contributed by atoms with Gasteiger partial charge < -0.3 is 14.6 Å². The zero-order valence-electron chi connectivity index (χ0n) is 10.9. The molecule has 104 valence electrons. The number of rotatable bonds is 8. The number of carbonyl (C=O) groups excluding carboxylic acids is 2. The van der Waals surface area contributed by atoms with E-state index in [1.165, 1.54) is 6.08 Å². The van der Waals surface area contributed by atoms with Crippen LogP contribution in [0.1, 0.15) is 26.2 Å². The lowest BCUT2D eigenvalue weighted by Gasteiger charge is -1.97. The van der Waals surface area contributed by atoms with E-state index in [0.29, 0.717) is 13.0 Å². The summed E-state index contributed by atoms with van der Waals surface area (Å²) in [6.45, 7) is 9.34. The minimum absolute atomic E-state index is 0.0461. The maximum Gasteiger partial charge on any atom is 0.330 e. The van der Waals surface area contributed by atoms with Crippen LogP contribution in [0.2, 0.25) is 0 Å². The highest BCUT2D eigenvalue weighted by atomic mass is 16.5. The third-order valence-corrected chi connectivity index (χ3v) is 1.62. The van der Waals surface area contributed by atoms with Crippen LogP contribution in [0.15, 0.2) is 25.3 Å². The molecule has 0 aliphatic carbocycles. The molecular formula is C13H22O5. The predicted molar refractivity (Wildman–Crippen MR) is 68.9 cm³/mol. The number of aliphatic hydroxyl groups excluding tert-OH is 1. The lowest BCUT2D eigenvalue weighted by atomic mass is 10.4. The van der Waals surface area contributed by atoms with E-state index in [1.54, 1.807) is 0 Å². The van der Waals surface area contributed by atoms with E-state index < -0.39 is 5.97 Å². The Balaban J connectivity index is 0. The first-order valence-corrected chi connectivity index (χ1v) is 5.81. The van der Waals surface area contributed by atoms with Crippen molar-refractivity contribution >= 4 is 11.9 Å². The van der Waals surface area contributed by atoms with Crippen molar-refractivity contribution in [3.8, 4) is 0 Å². The van der Waals surface area contributed by atoms with Crippen molar-refractivity contribution in [2.24, 2.45) is 0 Å². The molecule has 0 fully saturated rings. The number of hydrogen-bond acceptors (Lipinski definition) is 5. The normalized spacial score (nSPS) is 8.56. The van der Waals surface area contributed by atoms with Gasteiger partial charge in [0.25, 0.3) is 0 Å². The Bertz CT molecular complexity index is 222. The summed E-state index contributed by atoms with van der Waals surface area (Å²) in [6.07, 6.45) is 4.73. The van der Waals surface area contributed by atoms with Crippen LogP contribution in [0, 0.1) is 0 Å². The maximum atomic E-state index is 10.3. The molecule has 1 N–H and O–H groups in total. The highest BCUT2D eigenvalue weighted by Crippen LogP contribution is 1.88. The molecule has 0 unspecified atom stereocenters. The van der Waals surface area contributed by atoms with E-state index >= 15 is 0 Å². The Morgan fingerprint density at radius 1 is 1.06 bits per heavy atom. The summed E-state index contributed by atoms with van der Waals surface area (Å²) in [4.78, 5) is 20.6. The molecule has 18 heavy (non-hydrogen) atoms. The van der Waals surface area contributed by atoms with Gasteiger partial charge in [0.1, 0.15) is 0 Å². The van der Waals surface area contributed by atoms with Crippen molar-refractivity contribution in [3.05, 3.63) is 25.3 Å². The standard InChI is InChI=1S/C7H12O2.C6H10O3/c1-3-5-6-9-7(8)4-2;1-2-6(8)9-5-3-4-7/h4H,2-3,5-6H2,1H3;2,7H,1,3-5H2. The number of aliphatic hydroxyl groups is 1. The monoisotopic (exact) mass is 258 g/mol. The average Bonchev–Trinajstić information content (AvgIpc) is 2.39. The molecule has 0 spiro atoms. The van der Waals surface area contributed by atoms with Gasteiger partial charge in [0.15, 0.2) is 0 Å². The molecule has 0 atom stereocenters. The topological polar surface area (TPSA) is 72.8 Å². The fourth-order valence-corrected chi connectivity index (χ4v) is 0.672. The summed E-state index contributed by atoms with van der Waals surface area (Å²) in [6, 6.07) is 0. The molecule has 0 amide bonds. The van der Waals surface area contributed by atoms with E-state index in [4.69, 9.17) is 5.11 Å². The van der Waals surface area contributed by atoms with Gasteiger partial charge >= 0.3 is 11.9 Å². The Hall–Kier alpha value is -1.62. The smallest absolute Gasteiger partial charge is 0.330 e. The van der Waals surface area contributed by atoms with Gasteiger partial charge in [-0.25, -0.2) is 9.59 Å². The van der Waals surface area contributed by atoms with Crippen LogP contribution in [0.25, 0.3) is 0 Å². The third-order valence-electron chi connectivity index (χ3n) is 1.62. The van der Waals surface area contributed by atoms with Crippen molar-refractivity contribution in [2.45, 2.75) is 26.2 Å². The number of esters is 2. The van der Waals surface area contributed by atoms with E-state index in [2.05, 4.69) is 22.6 Å². The number of ether oxygens (including phenoxy) is 2. The van der Waals surface area contributed by atoms with Crippen LogP contribution >= 0.6 is 0 Å². The molecule has 5 nitrogen and oxygen atoms in total. The number of unbranched alkanes of at least 4 members (excludes halogenated alkanes) is 1. The highest BCUT2D eigenvalue weighted by molar-refractivity contribution is 5.81. The second-order valence-corrected chi connectivity index (χ2v) is 3.17. The molecular weight excluding hydrogens is 236 g/mol. The minimum Gasteiger partial charge on any atom is -0.463 e. The molecule has 0 bridgehead atoms. The van der Waals surface area contributed by atoms with Crippen molar-refractivity contribution in [1.82, 2.24) is 0 Å². The van der Waals surface area contributed by atoms with Gasteiger partial charge in [-0.2, -0.15) is 0 Å². The van der Waals surface area contributed by atoms with Crippen molar-refractivity contribution in [3.63, 3.8) is 0 Å². The minimum atomic E-state index is -0.441. The Kier molecular flexibility index (Phi) is 16.0. The van der Waals surface area contributed by atoms with Gasteiger partial charge in [-0.05, 0) is 6.42 Å². The molecule has 0 radical (unpaired) electrons. The summed E-state index contributed by atoms with van der Waals surface area (Å²) in [5.41, 5.74) is 0. The molecule has 0 saturated carbocycles. The van der Waals surface area contributed by atoms with Gasteiger partial charge in [0.2, 0.25) is 0 Å². The first-order valence-electron chi connectivity index (χ1n) is 5.81. The van der Waals surface area contributed by atoms with Crippen molar-refractivity contribution in [1.29, 1.82) is 0 Å². The van der Waals surface area contributed by atoms with Crippen molar-refractivity contribution < 1.29 is 24.2 Å². The van der Waals surface area contributed by atoms with E-state index in [-0.39, 0.29) is 19.2 Å². The summed E-state index contributed by atoms with van der Waals surface area (Å²) >= 11 is 0. The van der Waals surface area contributed by atoms with Gasteiger partial charge in [-0.3, -0.25) is 0 Å². The fraction of sp³-hybridized carbons (Fsp3) is 0.538. The summed E-state index contributed by atoms with van der Waals surface area (Å²) in [5, 5.41) is 8.23. The molecule has 0 saturated heterocycles. The molecule has 5 heteroatoms. The first-order chi connectivity index (χ1) is 8.62. The third kappa shape index (κ3) is 16.8. The average molecular weight is 258 g/mol.